The molecule has 3 heterocycles. The summed E-state index contributed by atoms with van der Waals surface area (Å²) in [6, 6.07) is 6.86. The van der Waals surface area contributed by atoms with E-state index in [1.54, 1.807) is 41.9 Å². The first kappa shape index (κ1) is 19.2. The zero-order valence-corrected chi connectivity index (χ0v) is 18.0. The minimum atomic E-state index is -0.144. The second kappa shape index (κ2) is 7.81. The fourth-order valence-electron chi connectivity index (χ4n) is 3.75. The van der Waals surface area contributed by atoms with Crippen LogP contribution in [-0.4, -0.2) is 37.0 Å². The Kier molecular flexibility index (Phi) is 5.00. The van der Waals surface area contributed by atoms with Crippen LogP contribution in [0.4, 0.5) is 5.69 Å². The van der Waals surface area contributed by atoms with Crippen molar-refractivity contribution in [1.82, 2.24) is 19.6 Å². The van der Waals surface area contributed by atoms with Gasteiger partial charge in [-0.2, -0.15) is 0 Å². The summed E-state index contributed by atoms with van der Waals surface area (Å²) in [5, 5.41) is 13.3. The van der Waals surface area contributed by atoms with Gasteiger partial charge in [-0.05, 0) is 62.4 Å². The van der Waals surface area contributed by atoms with E-state index in [9.17, 15) is 9.59 Å². The number of aromatic nitrogens is 4. The molecule has 0 spiro atoms. The molecule has 1 aliphatic rings. The third-order valence-electron chi connectivity index (χ3n) is 5.24. The SMILES string of the molecule is CC(=O)c1ccc(NC(=O)CSc2nnc3c4c5c(sc4ncn23)CCCC5)cc1. The van der Waals surface area contributed by atoms with E-state index in [-0.39, 0.29) is 17.4 Å². The number of aryl methyl sites for hydroxylation is 2. The van der Waals surface area contributed by atoms with E-state index in [2.05, 4.69) is 20.5 Å². The molecule has 0 atom stereocenters. The van der Waals surface area contributed by atoms with Crippen LogP contribution in [-0.2, 0) is 17.6 Å². The van der Waals surface area contributed by atoms with Crippen LogP contribution in [0.2, 0.25) is 0 Å². The fourth-order valence-corrected chi connectivity index (χ4v) is 5.68. The van der Waals surface area contributed by atoms with E-state index in [0.717, 1.165) is 28.7 Å². The number of carbonyl (C=O) groups is 2. The highest BCUT2D eigenvalue weighted by Crippen LogP contribution is 2.37. The fraction of sp³-hybridized carbons (Fsp3) is 0.286. The van der Waals surface area contributed by atoms with E-state index in [0.29, 0.717) is 16.4 Å². The first-order chi connectivity index (χ1) is 14.6. The largest absolute Gasteiger partial charge is 0.325 e. The molecule has 3 aromatic heterocycles. The normalized spacial score (nSPS) is 13.5. The predicted octanol–water partition coefficient (Wildman–Crippen LogP) is 4.15. The first-order valence-corrected chi connectivity index (χ1v) is 11.6. The average molecular weight is 438 g/mol. The number of ketones is 1. The third kappa shape index (κ3) is 3.48. The number of hydrogen-bond acceptors (Lipinski definition) is 7. The number of amides is 1. The van der Waals surface area contributed by atoms with Gasteiger partial charge in [0.15, 0.2) is 16.6 Å². The predicted molar refractivity (Wildman–Crippen MR) is 119 cm³/mol. The Morgan fingerprint density at radius 2 is 1.97 bits per heavy atom. The van der Waals surface area contributed by atoms with E-state index in [1.807, 2.05) is 4.40 Å². The molecule has 152 valence electrons. The Labute approximate surface area is 180 Å². The minimum Gasteiger partial charge on any atom is -0.325 e. The first-order valence-electron chi connectivity index (χ1n) is 9.78. The summed E-state index contributed by atoms with van der Waals surface area (Å²) in [5.74, 6) is 0.0562. The van der Waals surface area contributed by atoms with Crippen molar-refractivity contribution in [2.75, 3.05) is 11.1 Å². The van der Waals surface area contributed by atoms with Crippen molar-refractivity contribution in [1.29, 1.82) is 0 Å². The third-order valence-corrected chi connectivity index (χ3v) is 7.38. The molecule has 4 aromatic rings. The number of fused-ring (bicyclic) bond motifs is 5. The molecule has 1 aromatic carbocycles. The van der Waals surface area contributed by atoms with Crippen LogP contribution in [0.15, 0.2) is 35.7 Å². The van der Waals surface area contributed by atoms with Crippen molar-refractivity contribution < 1.29 is 9.59 Å². The molecule has 9 heteroatoms. The maximum atomic E-state index is 12.4. The lowest BCUT2D eigenvalue weighted by Crippen LogP contribution is -2.14. The summed E-state index contributed by atoms with van der Waals surface area (Å²) < 4.78 is 1.88. The van der Waals surface area contributed by atoms with Gasteiger partial charge >= 0.3 is 0 Å². The minimum absolute atomic E-state index is 0.00303. The Hall–Kier alpha value is -2.78. The van der Waals surface area contributed by atoms with E-state index < -0.39 is 0 Å². The zero-order chi connectivity index (χ0) is 20.7. The van der Waals surface area contributed by atoms with Crippen LogP contribution >= 0.6 is 23.1 Å². The molecule has 0 unspecified atom stereocenters. The van der Waals surface area contributed by atoms with Gasteiger partial charge in [0.05, 0.1) is 11.1 Å². The topological polar surface area (TPSA) is 89.2 Å². The van der Waals surface area contributed by atoms with Crippen LogP contribution in [0.25, 0.3) is 15.9 Å². The van der Waals surface area contributed by atoms with Crippen LogP contribution in [0, 0.1) is 0 Å². The number of nitrogens with zero attached hydrogens (tertiary/aromatic N) is 4. The summed E-state index contributed by atoms with van der Waals surface area (Å²) in [6.45, 7) is 1.52. The molecule has 0 fully saturated rings. The van der Waals surface area contributed by atoms with Crippen molar-refractivity contribution in [2.45, 2.75) is 37.8 Å². The van der Waals surface area contributed by atoms with Gasteiger partial charge in [-0.1, -0.05) is 11.8 Å². The number of thioether (sulfide) groups is 1. The number of carbonyl (C=O) groups excluding carboxylic acids is 2. The van der Waals surface area contributed by atoms with E-state index in [1.165, 1.54) is 42.0 Å². The molecule has 1 aliphatic carbocycles. The van der Waals surface area contributed by atoms with Gasteiger partial charge in [0.25, 0.3) is 0 Å². The highest BCUT2D eigenvalue weighted by atomic mass is 32.2. The number of nitrogens with one attached hydrogen (secondary N) is 1. The Morgan fingerprint density at radius 1 is 1.17 bits per heavy atom. The van der Waals surface area contributed by atoms with Gasteiger partial charge in [0.2, 0.25) is 5.91 Å². The number of thiophene rings is 1. The van der Waals surface area contributed by atoms with Gasteiger partial charge in [-0.15, -0.1) is 21.5 Å². The molecule has 0 bridgehead atoms. The van der Waals surface area contributed by atoms with Crippen molar-refractivity contribution in [3.8, 4) is 0 Å². The van der Waals surface area contributed by atoms with Crippen LogP contribution in [0.1, 0.15) is 40.6 Å². The Bertz CT molecular complexity index is 1280. The number of Topliss-reactive ketones (excluding diaryl/α,β-unsaturated/α-hetero) is 1. The molecule has 1 amide bonds. The molecule has 0 saturated carbocycles. The maximum absolute atomic E-state index is 12.4. The molecule has 5 rings (SSSR count). The van der Waals surface area contributed by atoms with E-state index in [4.69, 9.17) is 0 Å². The van der Waals surface area contributed by atoms with Crippen molar-refractivity contribution in [3.63, 3.8) is 0 Å². The van der Waals surface area contributed by atoms with Crippen LogP contribution < -0.4 is 5.32 Å². The van der Waals surface area contributed by atoms with Gasteiger partial charge in [-0.3, -0.25) is 14.0 Å². The number of benzene rings is 1. The van der Waals surface area contributed by atoms with E-state index >= 15 is 0 Å². The van der Waals surface area contributed by atoms with Crippen molar-refractivity contribution in [2.24, 2.45) is 0 Å². The summed E-state index contributed by atoms with van der Waals surface area (Å²) >= 11 is 3.09. The van der Waals surface area contributed by atoms with Crippen LogP contribution in [0.3, 0.4) is 0 Å². The number of hydrogen-bond donors (Lipinski definition) is 1. The number of anilines is 1. The molecule has 1 N–H and O–H groups in total. The second-order valence-electron chi connectivity index (χ2n) is 7.28. The van der Waals surface area contributed by atoms with Crippen LogP contribution in [0.5, 0.6) is 0 Å². The smallest absolute Gasteiger partial charge is 0.234 e. The summed E-state index contributed by atoms with van der Waals surface area (Å²) in [4.78, 5) is 30.8. The molecule has 0 radical (unpaired) electrons. The van der Waals surface area contributed by atoms with Crippen molar-refractivity contribution >= 4 is 56.3 Å². The standard InChI is InChI=1S/C21H19N5O2S2/c1-12(27)13-6-8-14(9-7-13)23-17(28)10-29-21-25-24-19-18-15-4-2-3-5-16(15)30-20(18)22-11-26(19)21/h6-9,11H,2-5,10H2,1H3,(H,23,28). The molecule has 30 heavy (non-hydrogen) atoms. The summed E-state index contributed by atoms with van der Waals surface area (Å²) in [6.07, 6.45) is 6.36. The van der Waals surface area contributed by atoms with Gasteiger partial charge in [0.1, 0.15) is 11.2 Å². The second-order valence-corrected chi connectivity index (χ2v) is 9.31. The maximum Gasteiger partial charge on any atom is 0.234 e. The lowest BCUT2D eigenvalue weighted by molar-refractivity contribution is -0.113. The lowest BCUT2D eigenvalue weighted by atomic mass is 9.97. The number of rotatable bonds is 5. The highest BCUT2D eigenvalue weighted by molar-refractivity contribution is 7.99. The Balaban J connectivity index is 1.33. The monoisotopic (exact) mass is 437 g/mol. The Morgan fingerprint density at radius 3 is 2.77 bits per heavy atom. The lowest BCUT2D eigenvalue weighted by Gasteiger charge is -2.10. The molecule has 0 saturated heterocycles. The highest BCUT2D eigenvalue weighted by Gasteiger charge is 2.21. The van der Waals surface area contributed by atoms with Gasteiger partial charge < -0.3 is 5.32 Å². The quantitative estimate of drug-likeness (QED) is 0.373. The molecule has 0 aliphatic heterocycles. The zero-order valence-electron chi connectivity index (χ0n) is 16.3. The van der Waals surface area contributed by atoms with Gasteiger partial charge in [-0.25, -0.2) is 4.98 Å². The van der Waals surface area contributed by atoms with Crippen molar-refractivity contribution in [3.05, 3.63) is 46.6 Å². The summed E-state index contributed by atoms with van der Waals surface area (Å²) in [5.41, 5.74) is 3.47. The average Bonchev–Trinajstić information content (AvgIpc) is 3.33. The summed E-state index contributed by atoms with van der Waals surface area (Å²) in [7, 11) is 0. The molecular formula is C21H19N5O2S2. The molecular weight excluding hydrogens is 418 g/mol. The van der Waals surface area contributed by atoms with Gasteiger partial charge in [0, 0.05) is 16.1 Å². The molecule has 7 nitrogen and oxygen atoms in total.